The fraction of sp³-hybridized carbons (Fsp3) is 0.854. The van der Waals surface area contributed by atoms with Crippen LogP contribution in [-0.4, -0.2) is 87.5 Å². The van der Waals surface area contributed by atoms with Gasteiger partial charge in [0.05, 0.1) is 25.4 Å². The third kappa shape index (κ3) is 29.3. The van der Waals surface area contributed by atoms with Crippen LogP contribution in [0.5, 0.6) is 0 Å². The van der Waals surface area contributed by atoms with E-state index < -0.39 is 49.5 Å². The normalized spacial score (nSPS) is 21.3. The third-order valence-corrected chi connectivity index (χ3v) is 11.2. The number of unbranched alkanes of at least 4 members (excludes halogenated alkanes) is 25. The van der Waals surface area contributed by atoms with E-state index in [1.54, 1.807) is 6.08 Å². The van der Waals surface area contributed by atoms with Crippen LogP contribution in [0.3, 0.4) is 0 Å². The van der Waals surface area contributed by atoms with E-state index >= 15 is 0 Å². The van der Waals surface area contributed by atoms with Crippen molar-refractivity contribution in [2.45, 2.75) is 249 Å². The average Bonchev–Trinajstić information content (AvgIpc) is 3.21. The van der Waals surface area contributed by atoms with Crippen molar-refractivity contribution in [1.29, 1.82) is 0 Å². The number of hydrogen-bond acceptors (Lipinski definition) is 8. The zero-order chi connectivity index (χ0) is 41.6. The van der Waals surface area contributed by atoms with E-state index in [9.17, 15) is 30.3 Å². The van der Waals surface area contributed by atoms with Gasteiger partial charge in [0.15, 0.2) is 6.29 Å². The molecule has 1 heterocycles. The van der Waals surface area contributed by atoms with E-state index in [0.29, 0.717) is 6.42 Å². The second-order valence-corrected chi connectivity index (χ2v) is 16.5. The van der Waals surface area contributed by atoms with Gasteiger partial charge in [-0.2, -0.15) is 0 Å². The van der Waals surface area contributed by atoms with E-state index in [1.807, 2.05) is 6.08 Å². The molecule has 0 radical (unpaired) electrons. The van der Waals surface area contributed by atoms with Crippen LogP contribution in [0.4, 0.5) is 0 Å². The van der Waals surface area contributed by atoms with Crippen LogP contribution in [0.2, 0.25) is 0 Å². The standard InChI is InChI=1S/C48H89NO8/c1-3-5-7-9-11-13-15-17-19-20-21-22-24-26-28-30-32-34-36-38-44(52)49-41(40-56-48-47(55)46(54)45(53)43(39-50)57-48)42(51)37-35-33-31-29-27-25-23-18-16-14-12-10-8-6-4-2/h17,19,27,29,35,37,41-43,45-48,50-51,53-55H,3-16,18,20-26,28,30-34,36,38-40H2,1-2H3,(H,49,52)/b19-17-,29-27+,37-35+. The molecule has 1 rings (SSSR count). The van der Waals surface area contributed by atoms with Crippen molar-refractivity contribution in [3.05, 3.63) is 36.5 Å². The van der Waals surface area contributed by atoms with Crippen LogP contribution in [0, 0.1) is 0 Å². The van der Waals surface area contributed by atoms with Crippen LogP contribution in [-0.2, 0) is 14.3 Å². The van der Waals surface area contributed by atoms with E-state index in [1.165, 1.54) is 148 Å². The molecule has 1 saturated heterocycles. The van der Waals surface area contributed by atoms with Gasteiger partial charge in [-0.25, -0.2) is 0 Å². The maximum absolute atomic E-state index is 13.0. The molecule has 0 aliphatic carbocycles. The predicted molar refractivity (Wildman–Crippen MR) is 235 cm³/mol. The Morgan fingerprint density at radius 1 is 0.579 bits per heavy atom. The quantitative estimate of drug-likeness (QED) is 0.0266. The van der Waals surface area contributed by atoms with Gasteiger partial charge in [-0.05, 0) is 57.8 Å². The Labute approximate surface area is 349 Å². The highest BCUT2D eigenvalue weighted by Gasteiger charge is 2.44. The van der Waals surface area contributed by atoms with Gasteiger partial charge < -0.3 is 40.3 Å². The highest BCUT2D eigenvalue weighted by atomic mass is 16.7. The Balaban J connectivity index is 2.35. The predicted octanol–water partition coefficient (Wildman–Crippen LogP) is 10.1. The summed E-state index contributed by atoms with van der Waals surface area (Å²) >= 11 is 0. The second-order valence-electron chi connectivity index (χ2n) is 16.5. The minimum Gasteiger partial charge on any atom is -0.394 e. The summed E-state index contributed by atoms with van der Waals surface area (Å²) in [6.07, 6.45) is 40.4. The topological polar surface area (TPSA) is 149 Å². The Kier molecular flexibility index (Phi) is 36.2. The molecule has 9 nitrogen and oxygen atoms in total. The molecule has 0 aromatic heterocycles. The van der Waals surface area contributed by atoms with Gasteiger partial charge in [-0.15, -0.1) is 0 Å². The maximum Gasteiger partial charge on any atom is 0.220 e. The van der Waals surface area contributed by atoms with Crippen molar-refractivity contribution in [2.75, 3.05) is 13.2 Å². The molecule has 0 bridgehead atoms. The van der Waals surface area contributed by atoms with Gasteiger partial charge in [0.25, 0.3) is 0 Å². The first-order valence-electron chi connectivity index (χ1n) is 23.7. The zero-order valence-corrected chi connectivity index (χ0v) is 36.6. The molecular weight excluding hydrogens is 719 g/mol. The minimum atomic E-state index is -1.57. The first-order valence-corrected chi connectivity index (χ1v) is 23.7. The van der Waals surface area contributed by atoms with Gasteiger partial charge in [0.1, 0.15) is 24.4 Å². The summed E-state index contributed by atoms with van der Waals surface area (Å²) < 4.78 is 11.2. The lowest BCUT2D eigenvalue weighted by atomic mass is 9.99. The summed E-state index contributed by atoms with van der Waals surface area (Å²) in [6.45, 7) is 3.75. The van der Waals surface area contributed by atoms with Crippen molar-refractivity contribution in [1.82, 2.24) is 5.32 Å². The Bertz CT molecular complexity index is 987. The van der Waals surface area contributed by atoms with Crippen molar-refractivity contribution >= 4 is 5.91 Å². The molecule has 1 amide bonds. The number of ether oxygens (including phenoxy) is 2. The first-order chi connectivity index (χ1) is 27.8. The zero-order valence-electron chi connectivity index (χ0n) is 36.6. The van der Waals surface area contributed by atoms with Crippen LogP contribution >= 0.6 is 0 Å². The summed E-state index contributed by atoms with van der Waals surface area (Å²) in [5, 5.41) is 54.2. The van der Waals surface area contributed by atoms with Gasteiger partial charge >= 0.3 is 0 Å². The summed E-state index contributed by atoms with van der Waals surface area (Å²) in [5.41, 5.74) is 0. The molecule has 0 aromatic carbocycles. The molecule has 7 atom stereocenters. The number of carbonyl (C=O) groups is 1. The molecule has 0 aromatic rings. The summed E-state index contributed by atoms with van der Waals surface area (Å²) in [6, 6.07) is -0.820. The van der Waals surface area contributed by atoms with Crippen LogP contribution in [0.25, 0.3) is 0 Å². The van der Waals surface area contributed by atoms with E-state index in [4.69, 9.17) is 9.47 Å². The molecule has 7 unspecified atom stereocenters. The number of allylic oxidation sites excluding steroid dienone is 5. The Morgan fingerprint density at radius 3 is 1.47 bits per heavy atom. The van der Waals surface area contributed by atoms with Crippen LogP contribution in [0.1, 0.15) is 206 Å². The Morgan fingerprint density at radius 2 is 1.00 bits per heavy atom. The number of amides is 1. The van der Waals surface area contributed by atoms with Crippen molar-refractivity contribution in [2.24, 2.45) is 0 Å². The molecule has 1 aliphatic rings. The number of aliphatic hydroxyl groups excluding tert-OH is 5. The van der Waals surface area contributed by atoms with Gasteiger partial charge in [0, 0.05) is 6.42 Å². The molecular formula is C48H89NO8. The molecule has 334 valence electrons. The minimum absolute atomic E-state index is 0.190. The maximum atomic E-state index is 13.0. The summed E-state index contributed by atoms with van der Waals surface area (Å²) in [4.78, 5) is 13.0. The fourth-order valence-electron chi connectivity index (χ4n) is 7.34. The molecule has 6 N–H and O–H groups in total. The number of hydrogen-bond donors (Lipinski definition) is 6. The number of rotatable bonds is 39. The number of nitrogens with one attached hydrogen (secondary N) is 1. The van der Waals surface area contributed by atoms with Gasteiger partial charge in [-0.3, -0.25) is 4.79 Å². The first kappa shape index (κ1) is 53.4. The molecule has 0 spiro atoms. The number of aliphatic hydroxyl groups is 5. The van der Waals surface area contributed by atoms with E-state index in [2.05, 4.69) is 43.5 Å². The van der Waals surface area contributed by atoms with Gasteiger partial charge in [0.2, 0.25) is 5.91 Å². The molecule has 9 heteroatoms. The molecule has 1 fully saturated rings. The average molecular weight is 808 g/mol. The molecule has 57 heavy (non-hydrogen) atoms. The fourth-order valence-corrected chi connectivity index (χ4v) is 7.34. The second kappa shape index (κ2) is 38.6. The SMILES string of the molecule is CCCCCCCC/C=C\CCCCCCCCCCCC(=O)NC(COC1OC(CO)C(O)C(O)C1O)C(O)/C=C/CC/C=C/CCCCCCCCCCC. The monoisotopic (exact) mass is 808 g/mol. The largest absolute Gasteiger partial charge is 0.394 e. The van der Waals surface area contributed by atoms with Crippen LogP contribution in [0.15, 0.2) is 36.5 Å². The smallest absolute Gasteiger partial charge is 0.220 e. The van der Waals surface area contributed by atoms with E-state index in [0.717, 1.165) is 38.5 Å². The van der Waals surface area contributed by atoms with Crippen molar-refractivity contribution in [3.63, 3.8) is 0 Å². The third-order valence-electron chi connectivity index (χ3n) is 11.2. The lowest BCUT2D eigenvalue weighted by Gasteiger charge is -2.40. The van der Waals surface area contributed by atoms with Crippen LogP contribution < -0.4 is 5.32 Å². The highest BCUT2D eigenvalue weighted by Crippen LogP contribution is 2.22. The Hall–Kier alpha value is -1.59. The summed E-state index contributed by atoms with van der Waals surface area (Å²) in [5.74, 6) is -0.190. The molecule has 0 saturated carbocycles. The van der Waals surface area contributed by atoms with Crippen molar-refractivity contribution < 1.29 is 39.8 Å². The van der Waals surface area contributed by atoms with E-state index in [-0.39, 0.29) is 12.5 Å². The highest BCUT2D eigenvalue weighted by molar-refractivity contribution is 5.76. The lowest BCUT2D eigenvalue weighted by molar-refractivity contribution is -0.302. The van der Waals surface area contributed by atoms with Crippen molar-refractivity contribution in [3.8, 4) is 0 Å². The summed E-state index contributed by atoms with van der Waals surface area (Å²) in [7, 11) is 0. The number of carbonyl (C=O) groups excluding carboxylic acids is 1. The molecule has 1 aliphatic heterocycles. The van der Waals surface area contributed by atoms with Gasteiger partial charge in [-0.1, -0.05) is 179 Å². The lowest BCUT2D eigenvalue weighted by Crippen LogP contribution is -2.60.